The Morgan fingerprint density at radius 3 is 2.35 bits per heavy atom. The van der Waals surface area contributed by atoms with E-state index >= 15 is 0 Å². The molecule has 1 unspecified atom stereocenters. The number of halogens is 1. The molecule has 1 atom stereocenters. The van der Waals surface area contributed by atoms with E-state index in [2.05, 4.69) is 24.4 Å². The van der Waals surface area contributed by atoms with Crippen molar-refractivity contribution in [1.82, 2.24) is 14.5 Å². The van der Waals surface area contributed by atoms with Crippen LogP contribution in [0.1, 0.15) is 37.9 Å². The molecular formula is C18H30ClN3O3S. The molecule has 1 saturated heterocycles. The first-order valence-electron chi connectivity index (χ1n) is 8.99. The predicted molar refractivity (Wildman–Crippen MR) is 107 cm³/mol. The van der Waals surface area contributed by atoms with Gasteiger partial charge in [0.1, 0.15) is 5.75 Å². The number of nitrogens with zero attached hydrogens (tertiary/aromatic N) is 2. The number of benzene rings is 1. The van der Waals surface area contributed by atoms with Gasteiger partial charge in [-0.05, 0) is 17.5 Å². The molecule has 26 heavy (non-hydrogen) atoms. The Balaban J connectivity index is 0.00000338. The van der Waals surface area contributed by atoms with E-state index in [0.29, 0.717) is 32.7 Å². The van der Waals surface area contributed by atoms with Crippen LogP contribution >= 0.6 is 12.4 Å². The molecule has 1 N–H and O–H groups in total. The van der Waals surface area contributed by atoms with Gasteiger partial charge in [0, 0.05) is 32.7 Å². The molecule has 0 radical (unpaired) electrons. The van der Waals surface area contributed by atoms with E-state index in [-0.39, 0.29) is 24.4 Å². The quantitative estimate of drug-likeness (QED) is 0.753. The number of hydrogen-bond donors (Lipinski definition) is 1. The van der Waals surface area contributed by atoms with Gasteiger partial charge in [0.25, 0.3) is 0 Å². The third-order valence-electron chi connectivity index (χ3n) is 4.74. The Hall–Kier alpha value is -1.15. The number of carbonyl (C=O) groups excluding carboxylic acids is 1. The molecule has 0 spiro atoms. The third-order valence-corrected chi connectivity index (χ3v) is 6.66. The second-order valence-corrected chi connectivity index (χ2v) is 8.21. The normalized spacial score (nSPS) is 17.8. The van der Waals surface area contributed by atoms with Crippen molar-refractivity contribution >= 4 is 28.3 Å². The molecule has 0 saturated carbocycles. The molecular weight excluding hydrogens is 374 g/mol. The van der Waals surface area contributed by atoms with Gasteiger partial charge in [0.2, 0.25) is 15.9 Å². The molecule has 1 amide bonds. The van der Waals surface area contributed by atoms with E-state index < -0.39 is 15.8 Å². The van der Waals surface area contributed by atoms with Crippen LogP contribution in [0, 0.1) is 0 Å². The summed E-state index contributed by atoms with van der Waals surface area (Å²) in [6, 6.07) is 8.09. The highest BCUT2D eigenvalue weighted by molar-refractivity contribution is 7.89. The summed E-state index contributed by atoms with van der Waals surface area (Å²) in [7, 11) is -3.57. The minimum atomic E-state index is -3.57. The monoisotopic (exact) mass is 403 g/mol. The van der Waals surface area contributed by atoms with E-state index in [1.54, 1.807) is 18.7 Å². The van der Waals surface area contributed by atoms with Crippen LogP contribution in [0.25, 0.3) is 0 Å². The summed E-state index contributed by atoms with van der Waals surface area (Å²) in [6.45, 7) is 8.29. The van der Waals surface area contributed by atoms with E-state index in [1.807, 2.05) is 12.1 Å². The first kappa shape index (κ1) is 22.9. The number of carbonyl (C=O) groups is 1. The van der Waals surface area contributed by atoms with Crippen LogP contribution in [-0.2, 0) is 21.2 Å². The average Bonchev–Trinajstić information content (AvgIpc) is 2.62. The van der Waals surface area contributed by atoms with Crippen molar-refractivity contribution in [2.24, 2.45) is 0 Å². The largest absolute Gasteiger partial charge is 0.332 e. The maximum atomic E-state index is 12.7. The van der Waals surface area contributed by atoms with Crippen LogP contribution in [0.3, 0.4) is 0 Å². The topological polar surface area (TPSA) is 69.7 Å². The Morgan fingerprint density at radius 2 is 1.81 bits per heavy atom. The molecule has 0 bridgehead atoms. The van der Waals surface area contributed by atoms with Gasteiger partial charge < -0.3 is 10.2 Å². The molecule has 1 aliphatic heterocycles. The number of piperazine rings is 1. The molecule has 1 aromatic rings. The Kier molecular flexibility index (Phi) is 9.03. The van der Waals surface area contributed by atoms with Crippen molar-refractivity contribution in [3.05, 3.63) is 35.4 Å². The lowest BCUT2D eigenvalue weighted by Gasteiger charge is -2.37. The summed E-state index contributed by atoms with van der Waals surface area (Å²) in [4.78, 5) is 14.5. The molecule has 1 heterocycles. The highest BCUT2D eigenvalue weighted by atomic mass is 35.5. The smallest absolute Gasteiger partial charge is 0.239 e. The molecule has 8 heteroatoms. The van der Waals surface area contributed by atoms with E-state index in [4.69, 9.17) is 0 Å². The van der Waals surface area contributed by atoms with Crippen molar-refractivity contribution in [2.45, 2.75) is 33.2 Å². The van der Waals surface area contributed by atoms with Gasteiger partial charge in [-0.25, -0.2) is 12.7 Å². The van der Waals surface area contributed by atoms with E-state index in [9.17, 15) is 13.2 Å². The lowest BCUT2D eigenvalue weighted by Crippen LogP contribution is -2.51. The number of rotatable bonds is 7. The van der Waals surface area contributed by atoms with Gasteiger partial charge in [-0.15, -0.1) is 12.4 Å². The van der Waals surface area contributed by atoms with Gasteiger partial charge >= 0.3 is 0 Å². The highest BCUT2D eigenvalue weighted by Crippen LogP contribution is 2.23. The summed E-state index contributed by atoms with van der Waals surface area (Å²) in [5.41, 5.74) is 2.28. The SMILES string of the molecule is CCc1ccc(C2CNCCN2C(=O)CS(=O)(=O)N(CC)CC)cc1.Cl. The summed E-state index contributed by atoms with van der Waals surface area (Å²) in [5.74, 6) is -0.781. The number of amides is 1. The van der Waals surface area contributed by atoms with Gasteiger partial charge in [-0.2, -0.15) is 0 Å². The van der Waals surface area contributed by atoms with Crippen molar-refractivity contribution in [1.29, 1.82) is 0 Å². The molecule has 1 fully saturated rings. The molecule has 1 aromatic carbocycles. The summed E-state index contributed by atoms with van der Waals surface area (Å²) < 4.78 is 26.2. The van der Waals surface area contributed by atoms with Crippen molar-refractivity contribution in [3.8, 4) is 0 Å². The molecule has 0 aromatic heterocycles. The summed E-state index contributed by atoms with van der Waals surface area (Å²) in [6.07, 6.45) is 0.966. The Bertz CT molecular complexity index is 675. The number of nitrogens with one attached hydrogen (secondary N) is 1. The van der Waals surface area contributed by atoms with Crippen molar-refractivity contribution < 1.29 is 13.2 Å². The molecule has 2 rings (SSSR count). The Labute approximate surface area is 163 Å². The van der Waals surface area contributed by atoms with Gasteiger partial charge in [-0.1, -0.05) is 45.0 Å². The third kappa shape index (κ3) is 5.42. The fourth-order valence-corrected chi connectivity index (χ4v) is 4.67. The fourth-order valence-electron chi connectivity index (χ4n) is 3.22. The average molecular weight is 404 g/mol. The number of aryl methyl sites for hydroxylation is 1. The van der Waals surface area contributed by atoms with Crippen LogP contribution in [0.2, 0.25) is 0 Å². The van der Waals surface area contributed by atoms with Gasteiger partial charge in [0.05, 0.1) is 6.04 Å². The maximum absolute atomic E-state index is 12.7. The first-order valence-corrected chi connectivity index (χ1v) is 10.6. The van der Waals surface area contributed by atoms with Crippen LogP contribution in [0.5, 0.6) is 0 Å². The van der Waals surface area contributed by atoms with Crippen LogP contribution in [0.4, 0.5) is 0 Å². The number of hydrogen-bond acceptors (Lipinski definition) is 4. The lowest BCUT2D eigenvalue weighted by molar-refractivity contribution is -0.131. The summed E-state index contributed by atoms with van der Waals surface area (Å²) >= 11 is 0. The lowest BCUT2D eigenvalue weighted by atomic mass is 10.0. The van der Waals surface area contributed by atoms with E-state index in [0.717, 1.165) is 12.0 Å². The van der Waals surface area contributed by atoms with Crippen LogP contribution in [0.15, 0.2) is 24.3 Å². The standard InChI is InChI=1S/C18H29N3O3S.ClH/c1-4-15-7-9-16(10-8-15)17-13-19-11-12-21(17)18(22)14-25(23,24)20(5-2)6-3;/h7-10,17,19H,4-6,11-14H2,1-3H3;1H. The minimum absolute atomic E-state index is 0. The second kappa shape index (κ2) is 10.3. The van der Waals surface area contributed by atoms with E-state index in [1.165, 1.54) is 9.87 Å². The zero-order valence-electron chi connectivity index (χ0n) is 15.8. The zero-order chi connectivity index (χ0) is 18.4. The number of sulfonamides is 1. The molecule has 148 valence electrons. The van der Waals surface area contributed by atoms with Crippen LogP contribution in [-0.4, -0.2) is 62.0 Å². The van der Waals surface area contributed by atoms with Crippen LogP contribution < -0.4 is 5.32 Å². The fraction of sp³-hybridized carbons (Fsp3) is 0.611. The second-order valence-electron chi connectivity index (χ2n) is 6.24. The first-order chi connectivity index (χ1) is 11.9. The predicted octanol–water partition coefficient (Wildman–Crippen LogP) is 1.82. The molecule has 0 aliphatic carbocycles. The minimum Gasteiger partial charge on any atom is -0.332 e. The zero-order valence-corrected chi connectivity index (χ0v) is 17.4. The van der Waals surface area contributed by atoms with Crippen molar-refractivity contribution in [3.63, 3.8) is 0 Å². The Morgan fingerprint density at radius 1 is 1.19 bits per heavy atom. The molecule has 6 nitrogen and oxygen atoms in total. The van der Waals surface area contributed by atoms with Crippen molar-refractivity contribution in [2.75, 3.05) is 38.5 Å². The van der Waals surface area contributed by atoms with Gasteiger partial charge in [-0.3, -0.25) is 4.79 Å². The van der Waals surface area contributed by atoms with Gasteiger partial charge in [0.15, 0.2) is 0 Å². The molecule has 1 aliphatic rings. The maximum Gasteiger partial charge on any atom is 0.239 e. The summed E-state index contributed by atoms with van der Waals surface area (Å²) in [5, 5.41) is 3.30. The highest BCUT2D eigenvalue weighted by Gasteiger charge is 2.32.